The van der Waals surface area contributed by atoms with Crippen molar-refractivity contribution in [3.05, 3.63) is 71.5 Å². The fourth-order valence-corrected chi connectivity index (χ4v) is 3.40. The van der Waals surface area contributed by atoms with Crippen molar-refractivity contribution in [2.45, 2.75) is 12.8 Å². The smallest absolute Gasteiger partial charge is 0.237 e. The molecule has 0 radical (unpaired) electrons. The van der Waals surface area contributed by atoms with Crippen molar-refractivity contribution in [3.63, 3.8) is 0 Å². The predicted octanol–water partition coefficient (Wildman–Crippen LogP) is 3.39. The average molecular weight is 392 g/mol. The first-order valence-electron chi connectivity index (χ1n) is 8.96. The van der Waals surface area contributed by atoms with Gasteiger partial charge in [0.05, 0.1) is 16.7 Å². The van der Waals surface area contributed by atoms with Crippen molar-refractivity contribution >= 4 is 40.3 Å². The second-order valence-corrected chi connectivity index (χ2v) is 7.15. The van der Waals surface area contributed by atoms with Crippen molar-refractivity contribution in [2.75, 3.05) is 5.32 Å². The first kappa shape index (κ1) is 16.8. The number of halogens is 1. The number of aromatic amines is 1. The van der Waals surface area contributed by atoms with Crippen LogP contribution in [0.25, 0.3) is 5.57 Å². The fourth-order valence-electron chi connectivity index (χ4n) is 3.17. The number of hydrogen-bond donors (Lipinski definition) is 2. The van der Waals surface area contributed by atoms with Crippen molar-refractivity contribution < 1.29 is 9.37 Å². The van der Waals surface area contributed by atoms with Gasteiger partial charge in [0, 0.05) is 18.2 Å². The Morgan fingerprint density at radius 1 is 1.21 bits per heavy atom. The number of nitrogens with zero attached hydrogens (tertiary/aromatic N) is 4. The normalized spacial score (nSPS) is 15.8. The number of benzene rings is 1. The number of carbonyl (C=O) groups is 1. The Labute approximate surface area is 165 Å². The van der Waals surface area contributed by atoms with Crippen LogP contribution in [0, 0.1) is 5.92 Å². The highest BCUT2D eigenvalue weighted by molar-refractivity contribution is 6.40. The second-order valence-electron chi connectivity index (χ2n) is 6.74. The van der Waals surface area contributed by atoms with Gasteiger partial charge < -0.3 is 5.32 Å². The molecule has 1 fully saturated rings. The molecule has 138 valence electrons. The quantitative estimate of drug-likeness (QED) is 0.653. The third-order valence-corrected chi connectivity index (χ3v) is 5.10. The molecule has 1 amide bonds. The molecule has 3 heterocycles. The molecule has 8 heteroatoms. The molecule has 3 aromatic rings. The highest BCUT2D eigenvalue weighted by atomic mass is 35.5. The van der Waals surface area contributed by atoms with Crippen molar-refractivity contribution in [3.8, 4) is 0 Å². The predicted molar refractivity (Wildman–Crippen MR) is 105 cm³/mol. The van der Waals surface area contributed by atoms with Crippen LogP contribution in [0.1, 0.15) is 24.2 Å². The van der Waals surface area contributed by atoms with E-state index < -0.39 is 0 Å². The molecular weight excluding hydrogens is 376 g/mol. The van der Waals surface area contributed by atoms with Crippen LogP contribution < -0.4 is 5.32 Å². The highest BCUT2D eigenvalue weighted by Gasteiger charge is 2.37. The number of rotatable bonds is 5. The van der Waals surface area contributed by atoms with Gasteiger partial charge >= 0.3 is 0 Å². The molecule has 0 unspecified atom stereocenters. The van der Waals surface area contributed by atoms with Gasteiger partial charge in [-0.3, -0.25) is 9.89 Å². The van der Waals surface area contributed by atoms with E-state index in [9.17, 15) is 4.79 Å². The Morgan fingerprint density at radius 2 is 2.07 bits per heavy atom. The minimum Gasteiger partial charge on any atom is -0.310 e. The van der Waals surface area contributed by atoms with Crippen LogP contribution in [-0.4, -0.2) is 36.4 Å². The summed E-state index contributed by atoms with van der Waals surface area (Å²) in [6.45, 7) is 0. The maximum atomic E-state index is 12.1. The number of amides is 1. The van der Waals surface area contributed by atoms with Gasteiger partial charge in [-0.25, -0.2) is 9.97 Å². The first-order chi connectivity index (χ1) is 13.7. The Bertz CT molecular complexity index is 1130. The van der Waals surface area contributed by atoms with E-state index in [0.29, 0.717) is 16.7 Å². The molecule has 5 rings (SSSR count). The monoisotopic (exact) mass is 391 g/mol. The summed E-state index contributed by atoms with van der Waals surface area (Å²) >= 11 is 6.46. The number of carbonyl (C=O) groups excluding carboxylic acids is 1. The number of hydrogen-bond acceptors (Lipinski definition) is 4. The molecule has 0 bridgehead atoms. The largest absolute Gasteiger partial charge is 0.310 e. The standard InChI is InChI=1S/C20H15ClN6O/c21-16-4-2-1-3-14(16)18-15(19-23-11-24-26-19)10-27(18)13-7-8-22-17(9-13)25-20(28)12-5-6-12/h1-4,7-12H,5-6H2,(H-,22,23,24,25,26,28)/p+1. The Hall–Kier alpha value is -3.32. The molecule has 0 saturated heterocycles. The van der Waals surface area contributed by atoms with Crippen LogP contribution in [0.2, 0.25) is 5.02 Å². The third kappa shape index (κ3) is 2.99. The van der Waals surface area contributed by atoms with Gasteiger partial charge in [0.1, 0.15) is 12.1 Å². The molecule has 1 aliphatic heterocycles. The molecular formula is C20H16ClN6O+. The Morgan fingerprint density at radius 3 is 2.82 bits per heavy atom. The van der Waals surface area contributed by atoms with Gasteiger partial charge in [0.25, 0.3) is 0 Å². The SMILES string of the molecule is O=C(Nc1cc([N+]2=C(c3ccccc3Cl)C(c3ncn[nH]3)=C2)ccn1)C1CC1. The van der Waals surface area contributed by atoms with E-state index in [-0.39, 0.29) is 11.8 Å². The molecule has 0 atom stereocenters. The summed E-state index contributed by atoms with van der Waals surface area (Å²) in [5, 5.41) is 10.4. The second kappa shape index (κ2) is 6.69. The summed E-state index contributed by atoms with van der Waals surface area (Å²) in [5.41, 5.74) is 3.58. The van der Waals surface area contributed by atoms with Crippen molar-refractivity contribution in [2.24, 2.45) is 5.92 Å². The Balaban J connectivity index is 1.55. The lowest BCUT2D eigenvalue weighted by atomic mass is 9.97. The molecule has 2 N–H and O–H groups in total. The van der Waals surface area contributed by atoms with E-state index >= 15 is 0 Å². The zero-order valence-corrected chi connectivity index (χ0v) is 15.5. The molecule has 7 nitrogen and oxygen atoms in total. The number of nitrogens with one attached hydrogen (secondary N) is 2. The lowest BCUT2D eigenvalue weighted by Gasteiger charge is -2.16. The number of aromatic nitrogens is 4. The summed E-state index contributed by atoms with van der Waals surface area (Å²) < 4.78 is 2.01. The minimum absolute atomic E-state index is 0.0291. The van der Waals surface area contributed by atoms with Gasteiger partial charge in [-0.1, -0.05) is 23.7 Å². The van der Waals surface area contributed by atoms with Gasteiger partial charge in [-0.15, -0.1) is 0 Å². The molecule has 1 aliphatic carbocycles. The zero-order chi connectivity index (χ0) is 19.1. The van der Waals surface area contributed by atoms with Crippen molar-refractivity contribution in [1.29, 1.82) is 0 Å². The van der Waals surface area contributed by atoms with E-state index in [0.717, 1.165) is 35.4 Å². The van der Waals surface area contributed by atoms with Crippen LogP contribution in [-0.2, 0) is 4.79 Å². The van der Waals surface area contributed by atoms with Gasteiger partial charge in [0.2, 0.25) is 17.3 Å². The summed E-state index contributed by atoms with van der Waals surface area (Å²) in [4.78, 5) is 20.6. The van der Waals surface area contributed by atoms with Crippen LogP contribution in [0.15, 0.2) is 55.1 Å². The Kier molecular flexibility index (Phi) is 4.02. The van der Waals surface area contributed by atoms with E-state index in [1.54, 1.807) is 6.20 Å². The first-order valence-corrected chi connectivity index (χ1v) is 9.34. The summed E-state index contributed by atoms with van der Waals surface area (Å²) in [6.07, 6.45) is 7.01. The van der Waals surface area contributed by atoms with Gasteiger partial charge in [-0.05, 0) is 25.0 Å². The minimum atomic E-state index is 0.0291. The number of anilines is 1. The van der Waals surface area contributed by atoms with Crippen LogP contribution in [0.4, 0.5) is 11.5 Å². The van der Waals surface area contributed by atoms with Crippen molar-refractivity contribution in [1.82, 2.24) is 20.2 Å². The summed E-state index contributed by atoms with van der Waals surface area (Å²) in [7, 11) is 0. The number of pyridine rings is 1. The lowest BCUT2D eigenvalue weighted by Crippen LogP contribution is -2.26. The van der Waals surface area contributed by atoms with Gasteiger partial charge in [-0.2, -0.15) is 9.67 Å². The molecule has 28 heavy (non-hydrogen) atoms. The molecule has 0 spiro atoms. The molecule has 2 aromatic heterocycles. The van der Waals surface area contributed by atoms with E-state index in [2.05, 4.69) is 25.5 Å². The summed E-state index contributed by atoms with van der Waals surface area (Å²) in [5.74, 6) is 1.36. The maximum absolute atomic E-state index is 12.1. The fraction of sp³-hybridized carbons (Fsp3) is 0.150. The number of H-pyrrole nitrogens is 1. The van der Waals surface area contributed by atoms with E-state index in [1.807, 2.05) is 47.2 Å². The van der Waals surface area contributed by atoms with Crippen LogP contribution in [0.3, 0.4) is 0 Å². The highest BCUT2D eigenvalue weighted by Crippen LogP contribution is 2.34. The van der Waals surface area contributed by atoms with E-state index in [1.165, 1.54) is 6.33 Å². The lowest BCUT2D eigenvalue weighted by molar-refractivity contribution is -0.367. The number of allylic oxidation sites excluding steroid dienone is 1. The third-order valence-electron chi connectivity index (χ3n) is 4.77. The zero-order valence-electron chi connectivity index (χ0n) is 14.8. The van der Waals surface area contributed by atoms with Gasteiger partial charge in [0.15, 0.2) is 17.6 Å². The summed E-state index contributed by atoms with van der Waals surface area (Å²) in [6, 6.07) is 11.4. The van der Waals surface area contributed by atoms with Crippen LogP contribution in [0.5, 0.6) is 0 Å². The molecule has 1 saturated carbocycles. The average Bonchev–Trinajstić information content (AvgIpc) is 3.40. The maximum Gasteiger partial charge on any atom is 0.237 e. The molecule has 2 aliphatic rings. The van der Waals surface area contributed by atoms with E-state index in [4.69, 9.17) is 11.6 Å². The van der Waals surface area contributed by atoms with Crippen LogP contribution >= 0.6 is 11.6 Å². The molecule has 1 aromatic carbocycles. The topological polar surface area (TPSA) is 86.6 Å².